The molecule has 2 aliphatic rings. The van der Waals surface area contributed by atoms with E-state index in [1.165, 1.54) is 29.5 Å². The second-order valence-corrected chi connectivity index (χ2v) is 9.26. The maximum Gasteiger partial charge on any atom is 0.410 e. The molecule has 1 atom stereocenters. The minimum atomic E-state index is -0.632. The first-order valence-electron chi connectivity index (χ1n) is 10.5. The van der Waals surface area contributed by atoms with Crippen molar-refractivity contribution in [2.24, 2.45) is 0 Å². The van der Waals surface area contributed by atoms with Gasteiger partial charge in [0.1, 0.15) is 16.5 Å². The molecule has 0 aliphatic carbocycles. The van der Waals surface area contributed by atoms with E-state index in [1.54, 1.807) is 24.0 Å². The Balaban J connectivity index is 1.39. The predicted molar refractivity (Wildman–Crippen MR) is 125 cm³/mol. The molecule has 10 nitrogen and oxygen atoms in total. The summed E-state index contributed by atoms with van der Waals surface area (Å²) in [4.78, 5) is 38.3. The zero-order chi connectivity index (χ0) is 24.0. The fourth-order valence-electron chi connectivity index (χ4n) is 4.10. The van der Waals surface area contributed by atoms with Crippen LogP contribution in [0, 0.1) is 10.1 Å². The number of thiophene rings is 1. The quantitative estimate of drug-likeness (QED) is 0.382. The van der Waals surface area contributed by atoms with Gasteiger partial charge in [0.25, 0.3) is 11.6 Å². The molecule has 0 saturated carbocycles. The van der Waals surface area contributed by atoms with Crippen LogP contribution in [0.5, 0.6) is 0 Å². The van der Waals surface area contributed by atoms with Crippen LogP contribution in [0.15, 0.2) is 34.7 Å². The molecule has 0 spiro atoms. The van der Waals surface area contributed by atoms with Gasteiger partial charge in [-0.1, -0.05) is 11.6 Å². The van der Waals surface area contributed by atoms with Crippen molar-refractivity contribution >= 4 is 45.6 Å². The number of furan rings is 1. The summed E-state index contributed by atoms with van der Waals surface area (Å²) in [5.41, 5.74) is 1.81. The van der Waals surface area contributed by atoms with Crippen LogP contribution < -0.4 is 10.6 Å². The zero-order valence-corrected chi connectivity index (χ0v) is 19.5. The lowest BCUT2D eigenvalue weighted by Crippen LogP contribution is -2.39. The van der Waals surface area contributed by atoms with Crippen molar-refractivity contribution in [2.75, 3.05) is 18.5 Å². The largest absolute Gasteiger partial charge is 0.457 e. The van der Waals surface area contributed by atoms with E-state index in [2.05, 4.69) is 10.6 Å². The molecule has 2 aliphatic heterocycles. The Hall–Kier alpha value is -3.57. The van der Waals surface area contributed by atoms with Crippen LogP contribution in [0.2, 0.25) is 5.02 Å². The highest BCUT2D eigenvalue weighted by Crippen LogP contribution is 2.41. The van der Waals surface area contributed by atoms with Gasteiger partial charge in [0.15, 0.2) is 6.17 Å². The van der Waals surface area contributed by atoms with E-state index in [1.807, 2.05) is 0 Å². The first-order valence-corrected chi connectivity index (χ1v) is 11.7. The van der Waals surface area contributed by atoms with Crippen molar-refractivity contribution in [1.82, 2.24) is 10.2 Å². The number of nitro benzene ring substituents is 1. The summed E-state index contributed by atoms with van der Waals surface area (Å²) >= 11 is 7.66. The summed E-state index contributed by atoms with van der Waals surface area (Å²) in [6.07, 6.45) is -0.430. The molecule has 34 heavy (non-hydrogen) atoms. The lowest BCUT2D eigenvalue weighted by molar-refractivity contribution is -0.384. The number of non-ortho nitro benzene ring substituents is 1. The van der Waals surface area contributed by atoms with Crippen LogP contribution in [-0.2, 0) is 17.7 Å². The Morgan fingerprint density at radius 1 is 1.35 bits per heavy atom. The number of anilines is 1. The van der Waals surface area contributed by atoms with Gasteiger partial charge < -0.3 is 24.7 Å². The number of ether oxygens (including phenoxy) is 1. The maximum atomic E-state index is 13.0. The second kappa shape index (κ2) is 8.65. The monoisotopic (exact) mass is 502 g/mol. The van der Waals surface area contributed by atoms with E-state index < -0.39 is 11.1 Å². The number of carbonyl (C=O) groups is 2. The average Bonchev–Trinajstić information content (AvgIpc) is 3.44. The molecular formula is C22H19ClN4O6S. The lowest BCUT2D eigenvalue weighted by Gasteiger charge is -2.27. The van der Waals surface area contributed by atoms with E-state index in [0.717, 1.165) is 10.4 Å². The SMILES string of the molecule is CCOC(=O)N1CCc2c(sc3c2C(=O)N[C@@H](c2ccc(-c4cc([N+](=O)[O-])ccc4Cl)o2)N3)C1. The Bertz CT molecular complexity index is 1320. The Labute approximate surface area is 202 Å². The highest BCUT2D eigenvalue weighted by Gasteiger charge is 2.35. The van der Waals surface area contributed by atoms with Gasteiger partial charge in [-0.05, 0) is 37.1 Å². The van der Waals surface area contributed by atoms with Crippen LogP contribution in [-0.4, -0.2) is 35.0 Å². The molecule has 12 heteroatoms. The van der Waals surface area contributed by atoms with Crippen LogP contribution in [0.1, 0.15) is 39.6 Å². The van der Waals surface area contributed by atoms with Crippen molar-refractivity contribution < 1.29 is 23.7 Å². The molecule has 0 radical (unpaired) electrons. The molecule has 2 aromatic heterocycles. The Morgan fingerprint density at radius 2 is 2.18 bits per heavy atom. The van der Waals surface area contributed by atoms with Crippen molar-refractivity contribution in [2.45, 2.75) is 26.1 Å². The van der Waals surface area contributed by atoms with Gasteiger partial charge in [0.2, 0.25) is 0 Å². The van der Waals surface area contributed by atoms with Gasteiger partial charge >= 0.3 is 6.09 Å². The van der Waals surface area contributed by atoms with Crippen molar-refractivity contribution in [1.29, 1.82) is 0 Å². The normalized spacial score (nSPS) is 16.8. The smallest absolute Gasteiger partial charge is 0.410 e. The first-order chi connectivity index (χ1) is 16.4. The third-order valence-electron chi connectivity index (χ3n) is 5.70. The van der Waals surface area contributed by atoms with Gasteiger partial charge in [0, 0.05) is 29.1 Å². The summed E-state index contributed by atoms with van der Waals surface area (Å²) in [5, 5.41) is 18.3. The van der Waals surface area contributed by atoms with Crippen LogP contribution in [0.25, 0.3) is 11.3 Å². The highest BCUT2D eigenvalue weighted by molar-refractivity contribution is 7.16. The number of nitrogens with one attached hydrogen (secondary N) is 2. The molecule has 0 saturated heterocycles. The number of nitrogens with zero attached hydrogens (tertiary/aromatic N) is 2. The fraction of sp³-hybridized carbons (Fsp3) is 0.273. The second-order valence-electron chi connectivity index (χ2n) is 7.75. The summed E-state index contributed by atoms with van der Waals surface area (Å²) in [6, 6.07) is 7.45. The molecule has 0 unspecified atom stereocenters. The van der Waals surface area contributed by atoms with E-state index >= 15 is 0 Å². The number of fused-ring (bicyclic) bond motifs is 3. The maximum absolute atomic E-state index is 13.0. The van der Waals surface area contributed by atoms with Gasteiger partial charge in [-0.2, -0.15) is 0 Å². The number of hydrogen-bond donors (Lipinski definition) is 2. The van der Waals surface area contributed by atoms with Crippen molar-refractivity contribution in [3.05, 3.63) is 67.2 Å². The highest BCUT2D eigenvalue weighted by atomic mass is 35.5. The van der Waals surface area contributed by atoms with Crippen LogP contribution in [0.3, 0.4) is 0 Å². The Kier molecular flexibility index (Phi) is 5.66. The lowest BCUT2D eigenvalue weighted by atomic mass is 10.0. The molecule has 5 rings (SSSR count). The van der Waals surface area contributed by atoms with Gasteiger partial charge in [-0.25, -0.2) is 4.79 Å². The summed E-state index contributed by atoms with van der Waals surface area (Å²) in [5.74, 6) is 0.546. The molecular weight excluding hydrogens is 484 g/mol. The van der Waals surface area contributed by atoms with Crippen molar-refractivity contribution in [3.63, 3.8) is 0 Å². The molecule has 1 aromatic carbocycles. The van der Waals surface area contributed by atoms with E-state index in [0.29, 0.717) is 58.8 Å². The third-order valence-corrected chi connectivity index (χ3v) is 7.18. The number of halogens is 1. The number of rotatable bonds is 4. The van der Waals surface area contributed by atoms with Crippen LogP contribution in [0.4, 0.5) is 15.5 Å². The topological polar surface area (TPSA) is 127 Å². The van der Waals surface area contributed by atoms with Crippen LogP contribution >= 0.6 is 22.9 Å². The number of hydrogen-bond acceptors (Lipinski definition) is 8. The molecule has 3 aromatic rings. The Morgan fingerprint density at radius 3 is 2.94 bits per heavy atom. The average molecular weight is 503 g/mol. The summed E-state index contributed by atoms with van der Waals surface area (Å²) < 4.78 is 11.0. The standard InChI is InChI=1S/C22H19ClN4O6S/c1-2-32-22(29)26-8-7-12-17(10-26)34-21-18(12)20(28)24-19(25-21)16-6-5-15(33-16)13-9-11(27(30)31)3-4-14(13)23/h3-6,9,19,25H,2,7-8,10H2,1H3,(H,24,28)/t19-/m1/s1. The summed E-state index contributed by atoms with van der Waals surface area (Å²) in [7, 11) is 0. The summed E-state index contributed by atoms with van der Waals surface area (Å²) in [6.45, 7) is 2.94. The van der Waals surface area contributed by atoms with Gasteiger partial charge in [-0.15, -0.1) is 11.3 Å². The van der Waals surface area contributed by atoms with E-state index in [-0.39, 0.29) is 17.7 Å². The minimum absolute atomic E-state index is 0.105. The molecule has 0 bridgehead atoms. The molecule has 2 N–H and O–H groups in total. The first kappa shape index (κ1) is 22.2. The fourth-order valence-corrected chi connectivity index (χ4v) is 5.60. The minimum Gasteiger partial charge on any atom is -0.457 e. The number of benzene rings is 1. The number of carbonyl (C=O) groups excluding carboxylic acids is 2. The number of amides is 2. The van der Waals surface area contributed by atoms with Crippen molar-refractivity contribution in [3.8, 4) is 11.3 Å². The van der Waals surface area contributed by atoms with Gasteiger partial charge in [-0.3, -0.25) is 14.9 Å². The molecule has 2 amide bonds. The van der Waals surface area contributed by atoms with Gasteiger partial charge in [0.05, 0.1) is 28.7 Å². The van der Waals surface area contributed by atoms with E-state index in [4.69, 9.17) is 20.8 Å². The molecule has 176 valence electrons. The predicted octanol–water partition coefficient (Wildman–Crippen LogP) is 4.94. The molecule has 4 heterocycles. The third kappa shape index (κ3) is 3.86. The zero-order valence-electron chi connectivity index (χ0n) is 17.9. The molecule has 0 fully saturated rings. The number of nitro groups is 1. The van der Waals surface area contributed by atoms with E-state index in [9.17, 15) is 19.7 Å².